The third kappa shape index (κ3) is 3.91. The van der Waals surface area contributed by atoms with E-state index in [4.69, 9.17) is 0 Å². The second kappa shape index (κ2) is 7.37. The molecule has 1 atom stereocenters. The number of hydrogen-bond acceptors (Lipinski definition) is 4. The minimum atomic E-state index is -0.360. The summed E-state index contributed by atoms with van der Waals surface area (Å²) in [5, 5.41) is 17.3. The van der Waals surface area contributed by atoms with Crippen LogP contribution in [0, 0.1) is 6.92 Å². The summed E-state index contributed by atoms with van der Waals surface area (Å²) in [4.78, 5) is 14.6. The highest BCUT2D eigenvalue weighted by Gasteiger charge is 2.41. The molecule has 1 aromatic heterocycles. The van der Waals surface area contributed by atoms with Crippen molar-refractivity contribution in [2.45, 2.75) is 31.7 Å². The Morgan fingerprint density at radius 3 is 2.76 bits per heavy atom. The molecule has 25 heavy (non-hydrogen) atoms. The van der Waals surface area contributed by atoms with Gasteiger partial charge in [0.2, 0.25) is 5.91 Å². The van der Waals surface area contributed by atoms with E-state index >= 15 is 0 Å². The Labute approximate surface area is 148 Å². The molecular weight excluding hydrogens is 316 g/mol. The van der Waals surface area contributed by atoms with E-state index in [0.29, 0.717) is 5.82 Å². The zero-order valence-corrected chi connectivity index (χ0v) is 14.9. The van der Waals surface area contributed by atoms with Gasteiger partial charge < -0.3 is 10.4 Å². The molecule has 1 amide bonds. The van der Waals surface area contributed by atoms with Crippen molar-refractivity contribution >= 4 is 11.7 Å². The highest BCUT2D eigenvalue weighted by Crippen LogP contribution is 2.32. The van der Waals surface area contributed by atoms with Crippen molar-refractivity contribution in [2.75, 3.05) is 25.0 Å². The lowest BCUT2D eigenvalue weighted by atomic mass is 9.89. The van der Waals surface area contributed by atoms with E-state index in [-0.39, 0.29) is 24.6 Å². The van der Waals surface area contributed by atoms with Crippen molar-refractivity contribution in [1.82, 2.24) is 14.7 Å². The van der Waals surface area contributed by atoms with Crippen molar-refractivity contribution in [3.05, 3.63) is 47.7 Å². The molecule has 0 aliphatic carbocycles. The van der Waals surface area contributed by atoms with E-state index in [0.717, 1.165) is 31.5 Å². The van der Waals surface area contributed by atoms with Gasteiger partial charge in [-0.3, -0.25) is 14.4 Å². The summed E-state index contributed by atoms with van der Waals surface area (Å²) >= 11 is 0. The van der Waals surface area contributed by atoms with Gasteiger partial charge in [-0.25, -0.2) is 0 Å². The first kappa shape index (κ1) is 17.6. The molecule has 2 N–H and O–H groups in total. The molecule has 6 nitrogen and oxygen atoms in total. The number of hydrogen-bond donors (Lipinski definition) is 2. The highest BCUT2D eigenvalue weighted by molar-refractivity contribution is 5.91. The van der Waals surface area contributed by atoms with Gasteiger partial charge >= 0.3 is 0 Å². The van der Waals surface area contributed by atoms with Crippen LogP contribution in [-0.4, -0.2) is 50.9 Å². The summed E-state index contributed by atoms with van der Waals surface area (Å²) in [5.41, 5.74) is 1.69. The molecule has 134 valence electrons. The van der Waals surface area contributed by atoms with Gasteiger partial charge in [0.25, 0.3) is 0 Å². The summed E-state index contributed by atoms with van der Waals surface area (Å²) in [6.45, 7) is 3.05. The maximum atomic E-state index is 12.5. The molecule has 2 aromatic rings. The maximum absolute atomic E-state index is 12.5. The minimum Gasteiger partial charge on any atom is -0.394 e. The fourth-order valence-corrected chi connectivity index (χ4v) is 3.74. The standard InChI is InChI=1S/C19H26N4O2/c1-15-11-17(22(2)21-15)20-18(25)13-23-10-6-9-19(23,14-24)12-16-7-4-3-5-8-16/h3-5,7-8,11,24H,6,9-10,12-14H2,1-2H3,(H,20,25). The Kier molecular flexibility index (Phi) is 5.20. The van der Waals surface area contributed by atoms with Crippen LogP contribution in [0.3, 0.4) is 0 Å². The van der Waals surface area contributed by atoms with E-state index < -0.39 is 0 Å². The predicted octanol–water partition coefficient (Wildman–Crippen LogP) is 1.74. The van der Waals surface area contributed by atoms with Gasteiger partial charge in [-0.15, -0.1) is 0 Å². The number of rotatable bonds is 6. The van der Waals surface area contributed by atoms with Crippen molar-refractivity contribution < 1.29 is 9.90 Å². The van der Waals surface area contributed by atoms with Crippen LogP contribution in [-0.2, 0) is 18.3 Å². The number of amides is 1. The molecule has 0 saturated carbocycles. The number of carbonyl (C=O) groups is 1. The van der Waals surface area contributed by atoms with Crippen molar-refractivity contribution in [1.29, 1.82) is 0 Å². The molecule has 0 spiro atoms. The summed E-state index contributed by atoms with van der Waals surface area (Å²) in [5.74, 6) is 0.621. The van der Waals surface area contributed by atoms with Crippen LogP contribution in [0.2, 0.25) is 0 Å². The molecule has 6 heteroatoms. The number of nitrogens with zero attached hydrogens (tertiary/aromatic N) is 3. The number of benzene rings is 1. The molecule has 1 unspecified atom stereocenters. The second-order valence-corrected chi connectivity index (χ2v) is 6.91. The number of aryl methyl sites for hydroxylation is 2. The molecule has 2 heterocycles. The van der Waals surface area contributed by atoms with E-state index in [2.05, 4.69) is 27.4 Å². The predicted molar refractivity (Wildman–Crippen MR) is 97.3 cm³/mol. The Balaban J connectivity index is 1.69. The molecule has 1 saturated heterocycles. The Bertz CT molecular complexity index is 728. The third-order valence-electron chi connectivity index (χ3n) is 5.02. The lowest BCUT2D eigenvalue weighted by molar-refractivity contribution is -0.118. The summed E-state index contributed by atoms with van der Waals surface area (Å²) < 4.78 is 1.67. The first-order chi connectivity index (χ1) is 12.0. The van der Waals surface area contributed by atoms with Gasteiger partial charge in [-0.2, -0.15) is 5.10 Å². The lowest BCUT2D eigenvalue weighted by Crippen LogP contribution is -2.51. The van der Waals surface area contributed by atoms with E-state index in [1.165, 1.54) is 5.56 Å². The molecule has 0 radical (unpaired) electrons. The molecular formula is C19H26N4O2. The van der Waals surface area contributed by atoms with Crippen LogP contribution in [0.15, 0.2) is 36.4 Å². The summed E-state index contributed by atoms with van der Waals surface area (Å²) in [6.07, 6.45) is 2.64. The van der Waals surface area contributed by atoms with Gasteiger partial charge in [0.1, 0.15) is 5.82 Å². The Morgan fingerprint density at radius 2 is 2.12 bits per heavy atom. The SMILES string of the molecule is Cc1cc(NC(=O)CN2CCCC2(CO)Cc2ccccc2)n(C)n1. The van der Waals surface area contributed by atoms with Gasteiger partial charge in [-0.05, 0) is 38.3 Å². The van der Waals surface area contributed by atoms with Crippen molar-refractivity contribution in [3.8, 4) is 0 Å². The number of aromatic nitrogens is 2. The smallest absolute Gasteiger partial charge is 0.239 e. The third-order valence-corrected chi connectivity index (χ3v) is 5.02. The topological polar surface area (TPSA) is 70.4 Å². The van der Waals surface area contributed by atoms with Gasteiger partial charge in [0.05, 0.1) is 18.8 Å². The first-order valence-electron chi connectivity index (χ1n) is 8.73. The molecule has 1 aromatic carbocycles. The highest BCUT2D eigenvalue weighted by atomic mass is 16.3. The fourth-order valence-electron chi connectivity index (χ4n) is 3.74. The van der Waals surface area contributed by atoms with Crippen molar-refractivity contribution in [2.24, 2.45) is 7.05 Å². The number of carbonyl (C=O) groups excluding carboxylic acids is 1. The average molecular weight is 342 g/mol. The summed E-state index contributed by atoms with van der Waals surface area (Å²) in [7, 11) is 1.81. The first-order valence-corrected chi connectivity index (χ1v) is 8.73. The number of nitrogens with one attached hydrogen (secondary N) is 1. The van der Waals surface area contributed by atoms with Crippen LogP contribution in [0.5, 0.6) is 0 Å². The molecule has 3 rings (SSSR count). The number of anilines is 1. The van der Waals surface area contributed by atoms with Crippen molar-refractivity contribution in [3.63, 3.8) is 0 Å². The molecule has 1 aliphatic heterocycles. The largest absolute Gasteiger partial charge is 0.394 e. The number of likely N-dealkylation sites (tertiary alicyclic amines) is 1. The fraction of sp³-hybridized carbons (Fsp3) is 0.474. The summed E-state index contributed by atoms with van der Waals surface area (Å²) in [6, 6.07) is 12.0. The molecule has 0 bridgehead atoms. The Morgan fingerprint density at radius 1 is 1.36 bits per heavy atom. The van der Waals surface area contributed by atoms with E-state index in [1.807, 2.05) is 38.2 Å². The minimum absolute atomic E-state index is 0.0555. The normalized spacial score (nSPS) is 20.8. The quantitative estimate of drug-likeness (QED) is 0.839. The Hall–Kier alpha value is -2.18. The zero-order valence-electron chi connectivity index (χ0n) is 14.9. The number of aliphatic hydroxyl groups excluding tert-OH is 1. The monoisotopic (exact) mass is 342 g/mol. The van der Waals surface area contributed by atoms with Crippen LogP contribution < -0.4 is 5.32 Å². The van der Waals surface area contributed by atoms with Gasteiger partial charge in [0.15, 0.2) is 0 Å². The lowest BCUT2D eigenvalue weighted by Gasteiger charge is -2.37. The van der Waals surface area contributed by atoms with Gasteiger partial charge in [-0.1, -0.05) is 30.3 Å². The van der Waals surface area contributed by atoms with Crippen LogP contribution in [0.4, 0.5) is 5.82 Å². The van der Waals surface area contributed by atoms with Crippen LogP contribution >= 0.6 is 0 Å². The maximum Gasteiger partial charge on any atom is 0.239 e. The van der Waals surface area contributed by atoms with Crippen LogP contribution in [0.1, 0.15) is 24.1 Å². The van der Waals surface area contributed by atoms with E-state index in [9.17, 15) is 9.90 Å². The van der Waals surface area contributed by atoms with Crippen LogP contribution in [0.25, 0.3) is 0 Å². The van der Waals surface area contributed by atoms with E-state index in [1.54, 1.807) is 4.68 Å². The molecule has 1 aliphatic rings. The molecule has 1 fully saturated rings. The number of aliphatic hydroxyl groups is 1. The zero-order chi connectivity index (χ0) is 17.9. The van der Waals surface area contributed by atoms with Gasteiger partial charge in [0, 0.05) is 18.7 Å². The average Bonchev–Trinajstić information content (AvgIpc) is 3.12. The second-order valence-electron chi connectivity index (χ2n) is 6.91.